The number of ether oxygens (including phenoxy) is 4. The molecule has 75 heavy (non-hydrogen) atoms. The van der Waals surface area contributed by atoms with Crippen LogP contribution in [0.5, 0.6) is 11.5 Å². The van der Waals surface area contributed by atoms with E-state index in [4.69, 9.17) is 18.9 Å². The third-order valence-electron chi connectivity index (χ3n) is 15.1. The van der Waals surface area contributed by atoms with Gasteiger partial charge in [0.25, 0.3) is 0 Å². The minimum absolute atomic E-state index is 0.00362. The van der Waals surface area contributed by atoms with Crippen LogP contribution in [0.4, 0.5) is 5.69 Å². The number of rotatable bonds is 17. The molecular weight excluding hydrogens is 959 g/mol. The molecular formula is C58H57N5O12. The lowest BCUT2D eigenvalue weighted by molar-refractivity contribution is -0.180. The number of nitrogens with one attached hydrogen (secondary N) is 3. The number of carbonyl (C=O) groups is 7. The molecule has 5 aromatic carbocycles. The topological polar surface area (TPSA) is 219 Å². The number of morpholine rings is 1. The minimum atomic E-state index is -1.71. The first-order valence-corrected chi connectivity index (χ1v) is 25.2. The maximum atomic E-state index is 15.1. The van der Waals surface area contributed by atoms with Gasteiger partial charge in [0.05, 0.1) is 24.0 Å². The van der Waals surface area contributed by atoms with E-state index in [0.717, 1.165) is 11.1 Å². The predicted octanol–water partition coefficient (Wildman–Crippen LogP) is 6.08. The molecule has 1 spiro atoms. The van der Waals surface area contributed by atoms with Crippen molar-refractivity contribution in [1.29, 1.82) is 0 Å². The minimum Gasteiger partial charge on any atom is -0.508 e. The number of unbranched alkanes of at least 4 members (excludes halogenated alkanes) is 1. The van der Waals surface area contributed by atoms with Crippen LogP contribution in [0.3, 0.4) is 0 Å². The van der Waals surface area contributed by atoms with Crippen LogP contribution in [0.25, 0.3) is 0 Å². The number of amides is 4. The zero-order valence-electron chi connectivity index (χ0n) is 41.2. The van der Waals surface area contributed by atoms with Gasteiger partial charge in [-0.3, -0.25) is 38.5 Å². The number of phenols is 1. The summed E-state index contributed by atoms with van der Waals surface area (Å²) in [7, 11) is 0. The van der Waals surface area contributed by atoms with Crippen LogP contribution in [0.2, 0.25) is 0 Å². The van der Waals surface area contributed by atoms with Crippen molar-refractivity contribution in [2.75, 3.05) is 31.7 Å². The molecule has 4 fully saturated rings. The highest BCUT2D eigenvalue weighted by Gasteiger charge is 2.74. The third-order valence-corrected chi connectivity index (χ3v) is 15.1. The summed E-state index contributed by atoms with van der Waals surface area (Å²) < 4.78 is 24.2. The van der Waals surface area contributed by atoms with Gasteiger partial charge in [-0.2, -0.15) is 0 Å². The van der Waals surface area contributed by atoms with Gasteiger partial charge in [-0.05, 0) is 83.8 Å². The van der Waals surface area contributed by atoms with E-state index < -0.39 is 83.4 Å². The number of phenolic OH excluding ortho intramolecular Hbond substituents is 1. The summed E-state index contributed by atoms with van der Waals surface area (Å²) in [6.07, 6.45) is 2.12. The van der Waals surface area contributed by atoms with Gasteiger partial charge < -0.3 is 44.9 Å². The molecule has 4 N–H and O–H groups in total. The van der Waals surface area contributed by atoms with Crippen molar-refractivity contribution in [3.8, 4) is 11.5 Å². The lowest BCUT2D eigenvalue weighted by atomic mass is 9.65. The van der Waals surface area contributed by atoms with E-state index in [-0.39, 0.29) is 49.7 Å². The first-order valence-electron chi connectivity index (χ1n) is 25.2. The monoisotopic (exact) mass is 1020 g/mol. The first kappa shape index (κ1) is 50.2. The summed E-state index contributed by atoms with van der Waals surface area (Å²) in [4.78, 5) is 101. The second-order valence-corrected chi connectivity index (χ2v) is 19.4. The highest BCUT2D eigenvalue weighted by Crippen LogP contribution is 2.65. The number of aromatic hydroxyl groups is 1. The van der Waals surface area contributed by atoms with E-state index in [1.807, 2.05) is 65.6 Å². The summed E-state index contributed by atoms with van der Waals surface area (Å²) in [5, 5.41) is 18.7. The van der Waals surface area contributed by atoms with Crippen LogP contribution in [0.15, 0.2) is 146 Å². The Morgan fingerprint density at radius 2 is 1.44 bits per heavy atom. The molecule has 0 bridgehead atoms. The highest BCUT2D eigenvalue weighted by molar-refractivity contribution is 6.11. The molecule has 10 rings (SSSR count). The molecule has 0 radical (unpaired) electrons. The Hall–Kier alpha value is -8.31. The van der Waals surface area contributed by atoms with Crippen LogP contribution >= 0.6 is 0 Å². The molecule has 0 unspecified atom stereocenters. The van der Waals surface area contributed by atoms with Gasteiger partial charge in [0, 0.05) is 19.2 Å². The number of anilines is 1. The van der Waals surface area contributed by atoms with E-state index >= 15 is 4.79 Å². The average molecular weight is 1020 g/mol. The first-order chi connectivity index (χ1) is 36.4. The van der Waals surface area contributed by atoms with Crippen molar-refractivity contribution in [3.05, 3.63) is 174 Å². The summed E-state index contributed by atoms with van der Waals surface area (Å²) in [5.74, 6) is -5.31. The van der Waals surface area contributed by atoms with Crippen LogP contribution in [-0.2, 0) is 53.2 Å². The standard InChI is InChI=1S/C58H57N5O12/c1-3-30-73-55(69)46-49-56(70)75-50(37-16-8-5-9-17-37)48(35-14-6-4-7-15-35)63(49)51(58(46)42-18-10-11-19-43(42)61-57(58)71)38-23-27-40(28-24-38)72-31-32-74-54(68)41-33-45-52(66)60-44(20-12-13-29-59-34(2)64)53(67)62(45)47(41)36-21-25-39(65)26-22-36/h3-11,14-19,21-28,41,44-51,65H,1,12-13,20,29-33H2,2H3,(H,59,64)(H,60,66)(H,61,71)/t41-,44+,45-,46+,47-,48+,49+,50-,51-,58+/m1/s1. The molecule has 5 aliphatic rings. The number of nitrogens with zero attached hydrogens (tertiary/aromatic N) is 2. The van der Waals surface area contributed by atoms with Crippen molar-refractivity contribution < 1.29 is 57.6 Å². The van der Waals surface area contributed by atoms with E-state index in [0.29, 0.717) is 53.9 Å². The van der Waals surface area contributed by atoms with E-state index in [1.54, 1.807) is 60.7 Å². The Kier molecular flexibility index (Phi) is 14.2. The smallest absolute Gasteiger partial charge is 0.325 e. The predicted molar refractivity (Wildman–Crippen MR) is 271 cm³/mol. The lowest BCUT2D eigenvalue weighted by Crippen LogP contribution is -2.61. The Morgan fingerprint density at radius 1 is 0.773 bits per heavy atom. The van der Waals surface area contributed by atoms with E-state index in [2.05, 4.69) is 22.5 Å². The largest absolute Gasteiger partial charge is 0.508 e. The van der Waals surface area contributed by atoms with Crippen LogP contribution < -0.4 is 20.7 Å². The van der Waals surface area contributed by atoms with Crippen molar-refractivity contribution >= 4 is 47.2 Å². The van der Waals surface area contributed by atoms with Crippen LogP contribution in [0, 0.1) is 11.8 Å². The fraction of sp³-hybridized carbons (Fsp3) is 0.328. The molecule has 17 nitrogen and oxygen atoms in total. The lowest BCUT2D eigenvalue weighted by Gasteiger charge is -2.46. The average Bonchev–Trinajstić information content (AvgIpc) is 4.11. The van der Waals surface area contributed by atoms with Gasteiger partial charge in [-0.1, -0.05) is 116 Å². The number of hydrogen-bond donors (Lipinski definition) is 4. The number of cyclic esters (lactones) is 1. The summed E-state index contributed by atoms with van der Waals surface area (Å²) in [5.41, 5.74) is 1.98. The fourth-order valence-corrected chi connectivity index (χ4v) is 12.0. The Bertz CT molecular complexity index is 2990. The van der Waals surface area contributed by atoms with Gasteiger partial charge in [-0.15, -0.1) is 0 Å². The molecule has 4 saturated heterocycles. The fourth-order valence-electron chi connectivity index (χ4n) is 12.0. The molecule has 17 heteroatoms. The number of piperazine rings is 1. The normalized spacial score (nSPS) is 26.5. The van der Waals surface area contributed by atoms with Gasteiger partial charge in [-0.25, -0.2) is 0 Å². The quantitative estimate of drug-likeness (QED) is 0.0360. The van der Waals surface area contributed by atoms with Crippen molar-refractivity contribution in [3.63, 3.8) is 0 Å². The van der Waals surface area contributed by atoms with Gasteiger partial charge in [0.2, 0.25) is 23.6 Å². The molecule has 0 saturated carbocycles. The second-order valence-electron chi connectivity index (χ2n) is 19.4. The van der Waals surface area contributed by atoms with Crippen LogP contribution in [-0.4, -0.2) is 101 Å². The van der Waals surface area contributed by atoms with Gasteiger partial charge in [0.15, 0.2) is 0 Å². The molecule has 386 valence electrons. The zero-order valence-corrected chi connectivity index (χ0v) is 41.2. The van der Waals surface area contributed by atoms with Crippen molar-refractivity contribution in [2.45, 2.75) is 80.4 Å². The van der Waals surface area contributed by atoms with E-state index in [1.165, 1.54) is 30.0 Å². The number of benzene rings is 5. The van der Waals surface area contributed by atoms with Gasteiger partial charge >= 0.3 is 17.9 Å². The number of carbonyl (C=O) groups excluding carboxylic acids is 7. The maximum Gasteiger partial charge on any atom is 0.325 e. The Morgan fingerprint density at radius 3 is 2.15 bits per heavy atom. The van der Waals surface area contributed by atoms with Crippen molar-refractivity contribution in [2.24, 2.45) is 11.8 Å². The van der Waals surface area contributed by atoms with E-state index in [9.17, 15) is 33.9 Å². The summed E-state index contributed by atoms with van der Waals surface area (Å²) >= 11 is 0. The molecule has 5 aliphatic heterocycles. The summed E-state index contributed by atoms with van der Waals surface area (Å²) in [6, 6.07) is 33.7. The summed E-state index contributed by atoms with van der Waals surface area (Å²) in [6.45, 7) is 5.18. The molecule has 5 aromatic rings. The Labute approximate surface area is 433 Å². The maximum absolute atomic E-state index is 15.1. The third kappa shape index (κ3) is 9.25. The molecule has 5 heterocycles. The highest BCUT2D eigenvalue weighted by atomic mass is 16.6. The van der Waals surface area contributed by atoms with Crippen molar-refractivity contribution in [1.82, 2.24) is 20.4 Å². The SMILES string of the molecule is C=CCOC(=O)[C@@H]1[C@H]2C(=O)O[C@H](c3ccccc3)[C@H](c3ccccc3)N2[C@H](c2ccc(OCCOC(=O)[C@@H]3C[C@@H]4C(=O)N[C@@H](CCCCNC(C)=O)C(=O)N4[C@@H]3c3ccc(O)cc3)cc2)[C@@]12C(=O)Nc1ccccc12. The molecule has 10 atom stereocenters. The molecule has 0 aromatic heterocycles. The van der Waals surface area contributed by atoms with Crippen LogP contribution in [0.1, 0.15) is 84.7 Å². The molecule has 4 amide bonds. The van der Waals surface area contributed by atoms with Gasteiger partial charge in [0.1, 0.15) is 66.9 Å². The number of hydrogen-bond acceptors (Lipinski definition) is 13. The molecule has 0 aliphatic carbocycles. The zero-order chi connectivity index (χ0) is 52.4. The Balaban J connectivity index is 0.921. The number of fused-ring (bicyclic) bond motifs is 4. The second kappa shape index (κ2) is 21.3. The number of esters is 3. The number of para-hydroxylation sites is 1.